The van der Waals surface area contributed by atoms with Gasteiger partial charge in [0.15, 0.2) is 0 Å². The molecule has 0 aliphatic carbocycles. The van der Waals surface area contributed by atoms with E-state index in [2.05, 4.69) is 0 Å². The first-order valence-corrected chi connectivity index (χ1v) is 2.44. The van der Waals surface area contributed by atoms with Gasteiger partial charge in [0.25, 0.3) is 0 Å². The van der Waals surface area contributed by atoms with Crippen LogP contribution in [-0.4, -0.2) is 20.4 Å². The molecule has 0 saturated heterocycles. The molecule has 12 heavy (non-hydrogen) atoms. The Morgan fingerprint density at radius 3 is 1.25 bits per heavy atom. The predicted molar refractivity (Wildman–Crippen MR) is 45.0 cm³/mol. The van der Waals surface area contributed by atoms with Crippen LogP contribution in [0.25, 0.3) is 0 Å². The van der Waals surface area contributed by atoms with E-state index in [-0.39, 0.29) is 20.4 Å². The summed E-state index contributed by atoms with van der Waals surface area (Å²) in [5.74, 6) is 0. The average Bonchev–Trinajstić information content (AvgIpc) is 2.16. The van der Waals surface area contributed by atoms with Gasteiger partial charge in [0, 0.05) is 20.4 Å². The average molecular weight is 343 g/mol. The molecule has 0 aliphatic rings. The van der Waals surface area contributed by atoms with Crippen LogP contribution in [0.3, 0.4) is 0 Å². The van der Waals surface area contributed by atoms with Gasteiger partial charge < -0.3 is 14.4 Å². The third kappa shape index (κ3) is 458. The minimum Gasteiger partial charge on any atom is -0.307 e. The fourth-order valence-electron chi connectivity index (χ4n) is 0.111. The molecule has 0 aromatic heterocycles. The van der Waals surface area contributed by atoms with Gasteiger partial charge in [-0.05, 0) is 0 Å². The van der Waals surface area contributed by atoms with E-state index >= 15 is 0 Å². The fraction of sp³-hybridized carbons (Fsp3) is 0.125. The minimum atomic E-state index is 0. The summed E-state index contributed by atoms with van der Waals surface area (Å²) in [5, 5.41) is 0. The first-order chi connectivity index (χ1) is 5.41. The second-order valence-corrected chi connectivity index (χ2v) is 0.718. The third-order valence-corrected chi connectivity index (χ3v) is 0.304. The first kappa shape index (κ1) is 30.4. The standard InChI is InChI=1S/C5H7.3CH2O.Re/c1-3-5-4-2;3*1-2;/h1,3-5H,2H3;3*1H2;/q-1;;;;. The molecule has 0 aromatic carbocycles. The molecule has 0 unspecified atom stereocenters. The zero-order valence-electron chi connectivity index (χ0n) is 7.03. The van der Waals surface area contributed by atoms with Gasteiger partial charge in [-0.2, -0.15) is 6.08 Å². The van der Waals surface area contributed by atoms with Gasteiger partial charge in [-0.25, -0.2) is 12.2 Å². The van der Waals surface area contributed by atoms with E-state index in [4.69, 9.17) is 21.0 Å². The van der Waals surface area contributed by atoms with Crippen molar-refractivity contribution >= 4 is 20.4 Å². The summed E-state index contributed by atoms with van der Waals surface area (Å²) in [5.41, 5.74) is 0. The van der Waals surface area contributed by atoms with Gasteiger partial charge in [-0.3, -0.25) is 6.58 Å². The minimum absolute atomic E-state index is 0. The normalized spacial score (nSPS) is 4.75. The molecular weight excluding hydrogens is 330 g/mol. The number of allylic oxidation sites excluding steroid dienone is 3. The van der Waals surface area contributed by atoms with Crippen LogP contribution in [0.1, 0.15) is 6.92 Å². The third-order valence-electron chi connectivity index (χ3n) is 0.304. The maximum atomic E-state index is 8.00. The molecular formula is C8H13O3Re-. The Morgan fingerprint density at radius 2 is 1.25 bits per heavy atom. The topological polar surface area (TPSA) is 51.2 Å². The smallest absolute Gasteiger partial charge is 0.106 e. The quantitative estimate of drug-likeness (QED) is 0.527. The summed E-state index contributed by atoms with van der Waals surface area (Å²) in [6.07, 6.45) is 5.15. The molecule has 3 nitrogen and oxygen atoms in total. The van der Waals surface area contributed by atoms with E-state index < -0.39 is 0 Å². The Hall–Kier alpha value is -0.848. The largest absolute Gasteiger partial charge is 0.307 e. The first-order valence-electron chi connectivity index (χ1n) is 2.44. The van der Waals surface area contributed by atoms with Gasteiger partial charge in [0.1, 0.15) is 20.4 Å². The molecule has 0 rings (SSSR count). The fourth-order valence-corrected chi connectivity index (χ4v) is 0.111. The van der Waals surface area contributed by atoms with E-state index in [1.807, 2.05) is 33.4 Å². The molecule has 71 valence electrons. The molecule has 0 aromatic rings. The van der Waals surface area contributed by atoms with E-state index in [1.54, 1.807) is 6.08 Å². The number of hydrogen-bond acceptors (Lipinski definition) is 3. The van der Waals surface area contributed by atoms with Crippen molar-refractivity contribution in [3.63, 3.8) is 0 Å². The molecule has 0 N–H and O–H groups in total. The number of rotatable bonds is 1. The van der Waals surface area contributed by atoms with Crippen molar-refractivity contribution in [1.29, 1.82) is 0 Å². The van der Waals surface area contributed by atoms with Crippen LogP contribution in [0.5, 0.6) is 0 Å². The molecule has 0 amide bonds. The van der Waals surface area contributed by atoms with Gasteiger partial charge in [-0.1, -0.05) is 6.92 Å². The number of carbonyl (C=O) groups excluding carboxylic acids is 3. The van der Waals surface area contributed by atoms with Gasteiger partial charge in [-0.15, -0.1) is 0 Å². The maximum absolute atomic E-state index is 8.00. The van der Waals surface area contributed by atoms with Crippen molar-refractivity contribution in [3.05, 3.63) is 24.8 Å². The molecule has 0 bridgehead atoms. The van der Waals surface area contributed by atoms with Crippen LogP contribution in [0, 0.1) is 6.58 Å². The van der Waals surface area contributed by atoms with Crippen molar-refractivity contribution in [2.75, 3.05) is 0 Å². The summed E-state index contributed by atoms with van der Waals surface area (Å²) in [7, 11) is 0. The van der Waals surface area contributed by atoms with E-state index in [9.17, 15) is 0 Å². The molecule has 1 radical (unpaired) electrons. The summed E-state index contributed by atoms with van der Waals surface area (Å²) < 4.78 is 0. The molecule has 0 saturated carbocycles. The van der Waals surface area contributed by atoms with Crippen molar-refractivity contribution in [1.82, 2.24) is 0 Å². The molecule has 0 fully saturated rings. The second kappa shape index (κ2) is 184. The van der Waals surface area contributed by atoms with Crippen LogP contribution in [0.15, 0.2) is 18.2 Å². The predicted octanol–water partition coefficient (Wildman–Crippen LogP) is 0.994. The summed E-state index contributed by atoms with van der Waals surface area (Å²) in [4.78, 5) is 24.0. The van der Waals surface area contributed by atoms with Crippen LogP contribution < -0.4 is 0 Å². The van der Waals surface area contributed by atoms with Crippen molar-refractivity contribution in [3.8, 4) is 0 Å². The van der Waals surface area contributed by atoms with E-state index in [0.717, 1.165) is 0 Å². The Bertz CT molecular complexity index is 79.6. The molecule has 4 heteroatoms. The SMILES string of the molecule is C=O.C=O.C=O.[CH-]=CC=CC.[Re]. The number of carbonyl (C=O) groups is 3. The van der Waals surface area contributed by atoms with Crippen molar-refractivity contribution < 1.29 is 34.8 Å². The van der Waals surface area contributed by atoms with Crippen LogP contribution in [-0.2, 0) is 34.8 Å². The molecule has 0 heterocycles. The molecule has 0 atom stereocenters. The number of hydrogen-bond donors (Lipinski definition) is 0. The Labute approximate surface area is 87.2 Å². The van der Waals surface area contributed by atoms with Crippen molar-refractivity contribution in [2.45, 2.75) is 6.92 Å². The zero-order valence-corrected chi connectivity index (χ0v) is 9.75. The second-order valence-electron chi connectivity index (χ2n) is 0.718. The zero-order chi connectivity index (χ0) is 10.1. The summed E-state index contributed by atoms with van der Waals surface area (Å²) >= 11 is 0. The van der Waals surface area contributed by atoms with Crippen LogP contribution >= 0.6 is 0 Å². The monoisotopic (exact) mass is 344 g/mol. The Balaban J connectivity index is -0.0000000203. The van der Waals surface area contributed by atoms with Crippen molar-refractivity contribution in [2.24, 2.45) is 0 Å². The van der Waals surface area contributed by atoms with Crippen LogP contribution in [0.2, 0.25) is 0 Å². The van der Waals surface area contributed by atoms with Gasteiger partial charge in [0.05, 0.1) is 0 Å². The van der Waals surface area contributed by atoms with E-state index in [1.165, 1.54) is 6.08 Å². The Morgan fingerprint density at radius 1 is 1.00 bits per heavy atom. The van der Waals surface area contributed by atoms with E-state index in [0.29, 0.717) is 0 Å². The Kier molecular flexibility index (Phi) is 465. The summed E-state index contributed by atoms with van der Waals surface area (Å²) in [6.45, 7) is 12.8. The summed E-state index contributed by atoms with van der Waals surface area (Å²) in [6, 6.07) is 0. The molecule has 0 aliphatic heterocycles. The maximum Gasteiger partial charge on any atom is 0.106 e. The van der Waals surface area contributed by atoms with Gasteiger partial charge in [0.2, 0.25) is 0 Å². The van der Waals surface area contributed by atoms with Gasteiger partial charge >= 0.3 is 0 Å². The van der Waals surface area contributed by atoms with Crippen LogP contribution in [0.4, 0.5) is 0 Å². The molecule has 0 spiro atoms.